The Morgan fingerprint density at radius 1 is 1.20 bits per heavy atom. The number of aryl methyl sites for hydroxylation is 1. The quantitative estimate of drug-likeness (QED) is 0.674. The predicted molar refractivity (Wildman–Crippen MR) is 96.9 cm³/mol. The van der Waals surface area contributed by atoms with Crippen LogP contribution in [-0.2, 0) is 16.1 Å². The molecule has 2 aromatic rings. The van der Waals surface area contributed by atoms with Crippen molar-refractivity contribution in [1.29, 1.82) is 0 Å². The molecule has 0 aliphatic carbocycles. The lowest BCUT2D eigenvalue weighted by atomic mass is 10.1. The molecule has 2 amide bonds. The molecule has 128 valence electrons. The van der Waals surface area contributed by atoms with Gasteiger partial charge in [0, 0.05) is 19.5 Å². The van der Waals surface area contributed by atoms with Crippen LogP contribution in [0.4, 0.5) is 0 Å². The summed E-state index contributed by atoms with van der Waals surface area (Å²) in [6, 6.07) is 17.6. The second-order valence-corrected chi connectivity index (χ2v) is 6.25. The molecule has 0 spiro atoms. The number of hydrazone groups is 1. The fourth-order valence-corrected chi connectivity index (χ4v) is 2.89. The van der Waals surface area contributed by atoms with Crippen molar-refractivity contribution in [3.63, 3.8) is 0 Å². The number of rotatable bonds is 5. The summed E-state index contributed by atoms with van der Waals surface area (Å²) in [6.07, 6.45) is 1.87. The maximum atomic E-state index is 12.3. The Kier molecular flexibility index (Phi) is 5.23. The van der Waals surface area contributed by atoms with Crippen LogP contribution in [0.15, 0.2) is 59.7 Å². The van der Waals surface area contributed by atoms with Gasteiger partial charge in [-0.05, 0) is 23.6 Å². The van der Waals surface area contributed by atoms with E-state index in [2.05, 4.69) is 10.5 Å². The maximum absolute atomic E-state index is 12.3. The van der Waals surface area contributed by atoms with Crippen molar-refractivity contribution in [2.45, 2.75) is 19.9 Å². The molecule has 25 heavy (non-hydrogen) atoms. The lowest BCUT2D eigenvalue weighted by molar-refractivity contribution is -0.129. The van der Waals surface area contributed by atoms with Gasteiger partial charge in [-0.15, -0.1) is 0 Å². The molecule has 0 bridgehead atoms. The maximum Gasteiger partial charge on any atom is 0.245 e. The molecule has 1 N–H and O–H groups in total. The van der Waals surface area contributed by atoms with Crippen molar-refractivity contribution in [3.05, 3.63) is 71.3 Å². The number of carbonyl (C=O) groups excluding carboxylic acids is 2. The third-order valence-corrected chi connectivity index (χ3v) is 4.37. The van der Waals surface area contributed by atoms with Crippen molar-refractivity contribution < 1.29 is 9.59 Å². The van der Waals surface area contributed by atoms with Crippen LogP contribution in [0.5, 0.6) is 0 Å². The van der Waals surface area contributed by atoms with Crippen molar-refractivity contribution in [2.24, 2.45) is 11.0 Å². The molecule has 1 aliphatic heterocycles. The third-order valence-electron chi connectivity index (χ3n) is 4.37. The zero-order valence-electron chi connectivity index (χ0n) is 14.2. The van der Waals surface area contributed by atoms with E-state index in [-0.39, 0.29) is 24.2 Å². The van der Waals surface area contributed by atoms with E-state index in [0.717, 1.165) is 16.7 Å². The molecule has 1 atom stereocenters. The summed E-state index contributed by atoms with van der Waals surface area (Å²) in [5.41, 5.74) is 5.66. The Morgan fingerprint density at radius 3 is 2.68 bits per heavy atom. The summed E-state index contributed by atoms with van der Waals surface area (Å²) < 4.78 is 0. The first-order chi connectivity index (χ1) is 12.1. The second kappa shape index (κ2) is 7.75. The van der Waals surface area contributed by atoms with Crippen LogP contribution in [0.25, 0.3) is 0 Å². The van der Waals surface area contributed by atoms with E-state index in [0.29, 0.717) is 13.1 Å². The first-order valence-corrected chi connectivity index (χ1v) is 8.34. The molecule has 0 aromatic heterocycles. The van der Waals surface area contributed by atoms with Crippen molar-refractivity contribution in [1.82, 2.24) is 10.3 Å². The highest BCUT2D eigenvalue weighted by atomic mass is 16.2. The second-order valence-electron chi connectivity index (χ2n) is 6.25. The highest BCUT2D eigenvalue weighted by Crippen LogP contribution is 2.20. The van der Waals surface area contributed by atoms with Crippen LogP contribution in [0, 0.1) is 12.8 Å². The number of hydrogen-bond acceptors (Lipinski definition) is 3. The van der Waals surface area contributed by atoms with Crippen LogP contribution < -0.4 is 5.43 Å². The van der Waals surface area contributed by atoms with Gasteiger partial charge in [-0.3, -0.25) is 9.59 Å². The molecule has 1 unspecified atom stereocenters. The van der Waals surface area contributed by atoms with Crippen molar-refractivity contribution >= 4 is 18.0 Å². The molecule has 1 heterocycles. The fraction of sp³-hybridized carbons (Fsp3) is 0.250. The zero-order chi connectivity index (χ0) is 17.6. The Bertz CT molecular complexity index is 787. The molecular weight excluding hydrogens is 314 g/mol. The van der Waals surface area contributed by atoms with Gasteiger partial charge in [0.25, 0.3) is 0 Å². The SMILES string of the molecule is Cc1ccccc1/C=N/NC(=O)C1CC(=O)N(Cc2ccccc2)C1. The van der Waals surface area contributed by atoms with Gasteiger partial charge in [0.15, 0.2) is 0 Å². The molecule has 3 rings (SSSR count). The van der Waals surface area contributed by atoms with Gasteiger partial charge in [0.1, 0.15) is 0 Å². The van der Waals surface area contributed by atoms with Gasteiger partial charge < -0.3 is 4.90 Å². The molecule has 1 fully saturated rings. The molecule has 1 aliphatic rings. The van der Waals surface area contributed by atoms with Gasteiger partial charge in [-0.2, -0.15) is 5.10 Å². The van der Waals surface area contributed by atoms with E-state index >= 15 is 0 Å². The smallest absolute Gasteiger partial charge is 0.245 e. The van der Waals surface area contributed by atoms with E-state index in [9.17, 15) is 9.59 Å². The Morgan fingerprint density at radius 2 is 1.92 bits per heavy atom. The number of hydrogen-bond donors (Lipinski definition) is 1. The third kappa shape index (κ3) is 4.32. The van der Waals surface area contributed by atoms with E-state index in [1.807, 2.05) is 61.5 Å². The van der Waals surface area contributed by atoms with Gasteiger partial charge in [-0.1, -0.05) is 54.6 Å². The minimum absolute atomic E-state index is 0.00638. The average Bonchev–Trinajstić information content (AvgIpc) is 2.98. The number of nitrogens with one attached hydrogen (secondary N) is 1. The van der Waals surface area contributed by atoms with Crippen LogP contribution in [0.3, 0.4) is 0 Å². The van der Waals surface area contributed by atoms with Gasteiger partial charge in [-0.25, -0.2) is 5.43 Å². The normalized spacial score (nSPS) is 17.2. The van der Waals surface area contributed by atoms with E-state index < -0.39 is 0 Å². The largest absolute Gasteiger partial charge is 0.338 e. The minimum Gasteiger partial charge on any atom is -0.338 e. The van der Waals surface area contributed by atoms with Crippen LogP contribution in [0.1, 0.15) is 23.1 Å². The number of carbonyl (C=O) groups is 2. The summed E-state index contributed by atoms with van der Waals surface area (Å²) in [6.45, 7) is 2.95. The molecule has 1 saturated heterocycles. The average molecular weight is 335 g/mol. The van der Waals surface area contributed by atoms with Crippen molar-refractivity contribution in [3.8, 4) is 0 Å². The molecule has 0 saturated carbocycles. The number of amides is 2. The number of likely N-dealkylation sites (tertiary alicyclic amines) is 1. The highest BCUT2D eigenvalue weighted by Gasteiger charge is 2.34. The summed E-state index contributed by atoms with van der Waals surface area (Å²) in [5.74, 6) is -0.564. The predicted octanol–water partition coefficient (Wildman–Crippen LogP) is 2.49. The molecule has 5 heteroatoms. The van der Waals surface area contributed by atoms with Crippen LogP contribution in [-0.4, -0.2) is 29.5 Å². The molecule has 0 radical (unpaired) electrons. The first kappa shape index (κ1) is 16.9. The Hall–Kier alpha value is -2.95. The van der Waals surface area contributed by atoms with Gasteiger partial charge in [0.2, 0.25) is 11.8 Å². The summed E-state index contributed by atoms with van der Waals surface area (Å²) in [7, 11) is 0. The standard InChI is InChI=1S/C20H21N3O2/c1-15-7-5-6-10-17(15)12-21-22-20(25)18-11-19(24)23(14-18)13-16-8-3-2-4-9-16/h2-10,12,18H,11,13-14H2,1H3,(H,22,25)/b21-12+. The highest BCUT2D eigenvalue weighted by molar-refractivity contribution is 5.90. The zero-order valence-corrected chi connectivity index (χ0v) is 14.2. The Balaban J connectivity index is 1.55. The monoisotopic (exact) mass is 335 g/mol. The van der Waals surface area contributed by atoms with E-state index in [1.165, 1.54) is 0 Å². The first-order valence-electron chi connectivity index (χ1n) is 8.34. The lowest BCUT2D eigenvalue weighted by Gasteiger charge is -2.16. The summed E-state index contributed by atoms with van der Waals surface area (Å²) >= 11 is 0. The van der Waals surface area contributed by atoms with Crippen LogP contribution >= 0.6 is 0 Å². The molecular formula is C20H21N3O2. The van der Waals surface area contributed by atoms with E-state index in [1.54, 1.807) is 11.1 Å². The summed E-state index contributed by atoms with van der Waals surface area (Å²) in [5, 5.41) is 4.03. The number of benzene rings is 2. The van der Waals surface area contributed by atoms with Gasteiger partial charge >= 0.3 is 0 Å². The molecule has 5 nitrogen and oxygen atoms in total. The van der Waals surface area contributed by atoms with E-state index in [4.69, 9.17) is 0 Å². The van der Waals surface area contributed by atoms with Crippen molar-refractivity contribution in [2.75, 3.05) is 6.54 Å². The Labute approximate surface area is 147 Å². The van der Waals surface area contributed by atoms with Gasteiger partial charge in [0.05, 0.1) is 12.1 Å². The number of nitrogens with zero attached hydrogens (tertiary/aromatic N) is 2. The topological polar surface area (TPSA) is 61.8 Å². The van der Waals surface area contributed by atoms with Crippen LogP contribution in [0.2, 0.25) is 0 Å². The minimum atomic E-state index is -0.356. The fourth-order valence-electron chi connectivity index (χ4n) is 2.89. The lowest BCUT2D eigenvalue weighted by Crippen LogP contribution is -2.30. The molecule has 2 aromatic carbocycles. The summed E-state index contributed by atoms with van der Waals surface area (Å²) in [4.78, 5) is 26.1.